The van der Waals surface area contributed by atoms with Crippen LogP contribution in [0.15, 0.2) is 0 Å². The summed E-state index contributed by atoms with van der Waals surface area (Å²) < 4.78 is 11.5. The maximum Gasteiger partial charge on any atom is 0.235 e. The summed E-state index contributed by atoms with van der Waals surface area (Å²) in [4.78, 5) is 11.4. The highest BCUT2D eigenvalue weighted by atomic mass is 32.2. The molecule has 0 rings (SSSR count). The van der Waals surface area contributed by atoms with Gasteiger partial charge in [-0.05, 0) is 26.3 Å². The van der Waals surface area contributed by atoms with Gasteiger partial charge in [0.15, 0.2) is 0 Å². The first-order valence-electron chi connectivity index (χ1n) is 4.98. The predicted molar refractivity (Wildman–Crippen MR) is 59.4 cm³/mol. The molecule has 4 nitrogen and oxygen atoms in total. The van der Waals surface area contributed by atoms with Crippen LogP contribution in [0, 0.1) is 0 Å². The topological polar surface area (TPSA) is 72.2 Å². The number of hydrogen-bond acceptors (Lipinski definition) is 3. The summed E-state index contributed by atoms with van der Waals surface area (Å²) in [5.41, 5.74) is 5.30. The molecular formula is C9H20N2O2S. The highest BCUT2D eigenvalue weighted by molar-refractivity contribution is 7.86. The maximum absolute atomic E-state index is 11.5. The van der Waals surface area contributed by atoms with Gasteiger partial charge in [-0.25, -0.2) is 0 Å². The molecule has 0 aromatic rings. The van der Waals surface area contributed by atoms with E-state index in [1.807, 2.05) is 6.92 Å². The molecule has 0 aliphatic carbocycles. The van der Waals surface area contributed by atoms with Crippen LogP contribution in [0.25, 0.3) is 0 Å². The molecule has 0 aromatic carbocycles. The Morgan fingerprint density at radius 2 is 2.21 bits per heavy atom. The average molecular weight is 220 g/mol. The monoisotopic (exact) mass is 220 g/mol. The lowest BCUT2D eigenvalue weighted by molar-refractivity contribution is -0.120. The van der Waals surface area contributed by atoms with E-state index in [9.17, 15) is 9.00 Å². The smallest absolute Gasteiger partial charge is 0.235 e. The van der Waals surface area contributed by atoms with Gasteiger partial charge in [0.1, 0.15) is 5.25 Å². The van der Waals surface area contributed by atoms with Gasteiger partial charge in [0.05, 0.1) is 0 Å². The zero-order valence-electron chi connectivity index (χ0n) is 8.91. The second kappa shape index (κ2) is 7.94. The van der Waals surface area contributed by atoms with E-state index in [4.69, 9.17) is 5.73 Å². The fraction of sp³-hybridized carbons (Fsp3) is 0.889. The average Bonchev–Trinajstić information content (AvgIpc) is 2.21. The number of hydrogen-bond donors (Lipinski definition) is 2. The summed E-state index contributed by atoms with van der Waals surface area (Å²) in [5.74, 6) is 0.388. The van der Waals surface area contributed by atoms with E-state index in [2.05, 4.69) is 5.32 Å². The SMILES string of the molecule is CCCNC(=O)C(C)S(=O)CCCN. The van der Waals surface area contributed by atoms with Crippen molar-refractivity contribution in [1.82, 2.24) is 5.32 Å². The van der Waals surface area contributed by atoms with E-state index in [0.717, 1.165) is 6.42 Å². The lowest BCUT2D eigenvalue weighted by Crippen LogP contribution is -2.36. The highest BCUT2D eigenvalue weighted by Gasteiger charge is 2.18. The van der Waals surface area contributed by atoms with Crippen LogP contribution in [0.5, 0.6) is 0 Å². The minimum absolute atomic E-state index is 0.123. The Labute approximate surface area is 88.1 Å². The molecule has 0 bridgehead atoms. The van der Waals surface area contributed by atoms with Gasteiger partial charge in [0, 0.05) is 23.1 Å². The van der Waals surface area contributed by atoms with Crippen molar-refractivity contribution in [3.8, 4) is 0 Å². The lowest BCUT2D eigenvalue weighted by Gasteiger charge is -2.10. The summed E-state index contributed by atoms with van der Waals surface area (Å²) in [5, 5.41) is 2.30. The Morgan fingerprint density at radius 1 is 1.57 bits per heavy atom. The quantitative estimate of drug-likeness (QED) is 0.634. The molecule has 0 fully saturated rings. The van der Waals surface area contributed by atoms with Crippen molar-refractivity contribution in [1.29, 1.82) is 0 Å². The summed E-state index contributed by atoms with van der Waals surface area (Å²) >= 11 is 0. The van der Waals surface area contributed by atoms with Gasteiger partial charge in [-0.1, -0.05) is 6.92 Å². The molecule has 14 heavy (non-hydrogen) atoms. The number of carbonyl (C=O) groups excluding carboxylic acids is 1. The number of amides is 1. The summed E-state index contributed by atoms with van der Waals surface area (Å²) in [7, 11) is -1.09. The number of rotatable bonds is 7. The van der Waals surface area contributed by atoms with Crippen molar-refractivity contribution >= 4 is 16.7 Å². The molecule has 0 saturated carbocycles. The maximum atomic E-state index is 11.5. The molecular weight excluding hydrogens is 200 g/mol. The molecule has 0 aliphatic rings. The molecule has 0 aromatic heterocycles. The Kier molecular flexibility index (Phi) is 7.70. The van der Waals surface area contributed by atoms with Crippen LogP contribution < -0.4 is 11.1 Å². The van der Waals surface area contributed by atoms with Crippen molar-refractivity contribution in [2.45, 2.75) is 31.9 Å². The van der Waals surface area contributed by atoms with Crippen molar-refractivity contribution in [3.05, 3.63) is 0 Å². The fourth-order valence-electron chi connectivity index (χ4n) is 0.914. The van der Waals surface area contributed by atoms with Crippen LogP contribution in [0.1, 0.15) is 26.7 Å². The molecule has 0 spiro atoms. The predicted octanol–water partition coefficient (Wildman–Crippen LogP) is -0.00140. The first kappa shape index (κ1) is 13.6. The molecule has 3 N–H and O–H groups in total. The van der Waals surface area contributed by atoms with Crippen molar-refractivity contribution in [3.63, 3.8) is 0 Å². The molecule has 84 valence electrons. The summed E-state index contributed by atoms with van der Waals surface area (Å²) in [6.45, 7) is 4.85. The van der Waals surface area contributed by atoms with Crippen molar-refractivity contribution < 1.29 is 9.00 Å². The zero-order valence-corrected chi connectivity index (χ0v) is 9.73. The molecule has 0 saturated heterocycles. The second-order valence-corrected chi connectivity index (χ2v) is 5.04. The Balaban J connectivity index is 3.85. The third-order valence-corrected chi connectivity index (χ3v) is 3.56. The summed E-state index contributed by atoms with van der Waals surface area (Å²) in [6.07, 6.45) is 1.60. The van der Waals surface area contributed by atoms with Crippen LogP contribution >= 0.6 is 0 Å². The molecule has 2 atom stereocenters. The molecule has 2 unspecified atom stereocenters. The van der Waals surface area contributed by atoms with Gasteiger partial charge in [0.2, 0.25) is 5.91 Å². The molecule has 0 radical (unpaired) electrons. The minimum atomic E-state index is -1.09. The van der Waals surface area contributed by atoms with Gasteiger partial charge < -0.3 is 11.1 Å². The normalized spacial score (nSPS) is 14.8. The van der Waals surface area contributed by atoms with Crippen LogP contribution in [0.2, 0.25) is 0 Å². The molecule has 1 amide bonds. The van der Waals surface area contributed by atoms with Crippen molar-refractivity contribution in [2.24, 2.45) is 5.73 Å². The number of nitrogens with two attached hydrogens (primary N) is 1. The van der Waals surface area contributed by atoms with Gasteiger partial charge in [-0.15, -0.1) is 0 Å². The van der Waals surface area contributed by atoms with Gasteiger partial charge in [-0.2, -0.15) is 0 Å². The van der Waals surface area contributed by atoms with E-state index < -0.39 is 16.0 Å². The van der Waals surface area contributed by atoms with Crippen molar-refractivity contribution in [2.75, 3.05) is 18.8 Å². The molecule has 5 heteroatoms. The highest BCUT2D eigenvalue weighted by Crippen LogP contribution is 1.98. The summed E-state index contributed by atoms with van der Waals surface area (Å²) in [6, 6.07) is 0. The molecule has 0 heterocycles. The standard InChI is InChI=1S/C9H20N2O2S/c1-3-6-11-9(12)8(2)14(13)7-4-5-10/h8H,3-7,10H2,1-2H3,(H,11,12). The third-order valence-electron chi connectivity index (χ3n) is 1.86. The second-order valence-electron chi connectivity index (χ2n) is 3.16. The van der Waals surface area contributed by atoms with E-state index in [0.29, 0.717) is 25.3 Å². The van der Waals surface area contributed by atoms with E-state index in [-0.39, 0.29) is 5.91 Å². The van der Waals surface area contributed by atoms with Crippen LogP contribution in [-0.4, -0.2) is 34.2 Å². The Hall–Kier alpha value is -0.420. The fourth-order valence-corrected chi connectivity index (χ4v) is 2.04. The lowest BCUT2D eigenvalue weighted by atomic mass is 10.4. The third kappa shape index (κ3) is 5.34. The van der Waals surface area contributed by atoms with E-state index in [1.165, 1.54) is 0 Å². The van der Waals surface area contributed by atoms with Gasteiger partial charge in [-0.3, -0.25) is 9.00 Å². The number of carbonyl (C=O) groups is 1. The van der Waals surface area contributed by atoms with Gasteiger partial charge in [0.25, 0.3) is 0 Å². The largest absolute Gasteiger partial charge is 0.355 e. The first-order valence-corrected chi connectivity index (χ1v) is 6.36. The zero-order chi connectivity index (χ0) is 11.0. The van der Waals surface area contributed by atoms with E-state index >= 15 is 0 Å². The van der Waals surface area contributed by atoms with E-state index in [1.54, 1.807) is 6.92 Å². The Morgan fingerprint density at radius 3 is 2.71 bits per heavy atom. The number of nitrogens with one attached hydrogen (secondary N) is 1. The van der Waals surface area contributed by atoms with Crippen LogP contribution in [0.4, 0.5) is 0 Å². The van der Waals surface area contributed by atoms with Crippen LogP contribution in [-0.2, 0) is 15.6 Å². The first-order chi connectivity index (χ1) is 6.63. The van der Waals surface area contributed by atoms with Crippen LogP contribution in [0.3, 0.4) is 0 Å². The Bertz CT molecular complexity index is 177. The van der Waals surface area contributed by atoms with Gasteiger partial charge >= 0.3 is 0 Å². The minimum Gasteiger partial charge on any atom is -0.355 e. The molecule has 0 aliphatic heterocycles.